The van der Waals surface area contributed by atoms with Crippen LogP contribution in [0.2, 0.25) is 0 Å². The van der Waals surface area contributed by atoms with Gasteiger partial charge in [0, 0.05) is 29.3 Å². The van der Waals surface area contributed by atoms with Crippen molar-refractivity contribution in [1.82, 2.24) is 4.98 Å². The van der Waals surface area contributed by atoms with Gasteiger partial charge in [-0.3, -0.25) is 0 Å². The molecule has 0 aliphatic heterocycles. The van der Waals surface area contributed by atoms with Crippen molar-refractivity contribution in [2.45, 2.75) is 26.3 Å². The zero-order chi connectivity index (χ0) is 14.7. The van der Waals surface area contributed by atoms with E-state index < -0.39 is 0 Å². The van der Waals surface area contributed by atoms with Crippen LogP contribution in [0.1, 0.15) is 22.4 Å². The summed E-state index contributed by atoms with van der Waals surface area (Å²) in [5, 5.41) is 0. The van der Waals surface area contributed by atoms with Gasteiger partial charge in [-0.2, -0.15) is 0 Å². The van der Waals surface area contributed by atoms with E-state index >= 15 is 0 Å². The molecule has 2 aromatic rings. The number of aryl methyl sites for hydroxylation is 2. The molecule has 0 saturated heterocycles. The summed E-state index contributed by atoms with van der Waals surface area (Å²) >= 11 is 9.54. The highest BCUT2D eigenvalue weighted by molar-refractivity contribution is 9.10. The lowest BCUT2D eigenvalue weighted by Crippen LogP contribution is -2.20. The summed E-state index contributed by atoms with van der Waals surface area (Å²) < 4.78 is 1.09. The Morgan fingerprint density at radius 2 is 1.85 bits per heavy atom. The summed E-state index contributed by atoms with van der Waals surface area (Å²) in [7, 11) is 2.05. The van der Waals surface area contributed by atoms with Crippen molar-refractivity contribution in [2.24, 2.45) is 0 Å². The van der Waals surface area contributed by atoms with E-state index in [1.54, 1.807) is 0 Å². The third-order valence-electron chi connectivity index (χ3n) is 3.28. The molecule has 4 heteroatoms. The highest BCUT2D eigenvalue weighted by Gasteiger charge is 2.12. The maximum absolute atomic E-state index is 6.08. The number of benzene rings is 1. The molecule has 1 aromatic heterocycles. The lowest BCUT2D eigenvalue weighted by molar-refractivity contribution is 0.879. The topological polar surface area (TPSA) is 16.1 Å². The van der Waals surface area contributed by atoms with Crippen LogP contribution >= 0.6 is 27.5 Å². The number of hydrogen-bond acceptors (Lipinski definition) is 2. The zero-order valence-corrected chi connectivity index (χ0v) is 14.3. The number of anilines is 1. The van der Waals surface area contributed by atoms with Gasteiger partial charge in [0.2, 0.25) is 0 Å². The molecular weight excluding hydrogens is 336 g/mol. The normalized spacial score (nSPS) is 10.7. The Labute approximate surface area is 133 Å². The van der Waals surface area contributed by atoms with E-state index in [-0.39, 0.29) is 0 Å². The Bertz CT molecular complexity index is 596. The molecule has 0 aliphatic rings. The van der Waals surface area contributed by atoms with E-state index in [0.29, 0.717) is 5.88 Å². The summed E-state index contributed by atoms with van der Waals surface area (Å²) in [5.41, 5.74) is 4.58. The fraction of sp³-hybridized carbons (Fsp3) is 0.312. The number of hydrogen-bond donors (Lipinski definition) is 0. The second kappa shape index (κ2) is 6.59. The number of alkyl halides is 1. The van der Waals surface area contributed by atoms with Gasteiger partial charge < -0.3 is 4.90 Å². The largest absolute Gasteiger partial charge is 0.355 e. The zero-order valence-electron chi connectivity index (χ0n) is 12.0. The Kier molecular flexibility index (Phi) is 5.06. The summed E-state index contributed by atoms with van der Waals surface area (Å²) in [6.07, 6.45) is 0. The number of aromatic nitrogens is 1. The van der Waals surface area contributed by atoms with E-state index in [1.807, 2.05) is 6.92 Å². The van der Waals surface area contributed by atoms with Crippen LogP contribution in [0.15, 0.2) is 34.8 Å². The molecule has 0 bridgehead atoms. The van der Waals surface area contributed by atoms with Gasteiger partial charge in [0.25, 0.3) is 0 Å². The van der Waals surface area contributed by atoms with Crippen LogP contribution in [0.4, 0.5) is 5.82 Å². The molecule has 0 radical (unpaired) electrons. The van der Waals surface area contributed by atoms with Gasteiger partial charge in [-0.1, -0.05) is 28.1 Å². The first-order valence-corrected chi connectivity index (χ1v) is 7.82. The third kappa shape index (κ3) is 3.53. The molecule has 0 saturated carbocycles. The van der Waals surface area contributed by atoms with Gasteiger partial charge >= 0.3 is 0 Å². The molecule has 1 heterocycles. The van der Waals surface area contributed by atoms with Crippen molar-refractivity contribution in [3.8, 4) is 0 Å². The van der Waals surface area contributed by atoms with Gasteiger partial charge in [-0.25, -0.2) is 4.98 Å². The van der Waals surface area contributed by atoms with Gasteiger partial charge in [0.1, 0.15) is 5.82 Å². The molecule has 20 heavy (non-hydrogen) atoms. The maximum Gasteiger partial charge on any atom is 0.133 e. The molecule has 0 spiro atoms. The van der Waals surface area contributed by atoms with E-state index in [0.717, 1.165) is 28.1 Å². The highest BCUT2D eigenvalue weighted by atomic mass is 79.9. The molecule has 0 unspecified atom stereocenters. The van der Waals surface area contributed by atoms with E-state index in [9.17, 15) is 0 Å². The minimum atomic E-state index is 0.485. The van der Waals surface area contributed by atoms with Gasteiger partial charge in [0.15, 0.2) is 0 Å². The fourth-order valence-electron chi connectivity index (χ4n) is 2.26. The Morgan fingerprint density at radius 1 is 1.20 bits per heavy atom. The van der Waals surface area contributed by atoms with Crippen LogP contribution in [-0.4, -0.2) is 12.0 Å². The van der Waals surface area contributed by atoms with Gasteiger partial charge in [-0.05, 0) is 43.2 Å². The van der Waals surface area contributed by atoms with Crippen molar-refractivity contribution >= 4 is 33.3 Å². The molecule has 2 rings (SSSR count). The van der Waals surface area contributed by atoms with Crippen LogP contribution < -0.4 is 4.90 Å². The summed E-state index contributed by atoms with van der Waals surface area (Å²) in [5.74, 6) is 1.46. The second-order valence-corrected chi connectivity index (χ2v) is 6.18. The Morgan fingerprint density at radius 3 is 2.45 bits per heavy atom. The van der Waals surface area contributed by atoms with Crippen LogP contribution in [0.3, 0.4) is 0 Å². The van der Waals surface area contributed by atoms with Crippen LogP contribution in [-0.2, 0) is 12.4 Å². The number of halogens is 2. The predicted molar refractivity (Wildman–Crippen MR) is 89.5 cm³/mol. The van der Waals surface area contributed by atoms with Crippen molar-refractivity contribution in [3.05, 3.63) is 57.2 Å². The molecule has 0 fully saturated rings. The highest BCUT2D eigenvalue weighted by Crippen LogP contribution is 2.25. The number of nitrogens with zero attached hydrogens (tertiary/aromatic N) is 2. The minimum Gasteiger partial charge on any atom is -0.355 e. The fourth-order valence-corrected chi connectivity index (χ4v) is 2.86. The first kappa shape index (κ1) is 15.3. The van der Waals surface area contributed by atoms with Gasteiger partial charge in [-0.15, -0.1) is 11.6 Å². The average molecular weight is 354 g/mol. The first-order valence-electron chi connectivity index (χ1n) is 6.50. The smallest absolute Gasteiger partial charge is 0.133 e. The average Bonchev–Trinajstić information content (AvgIpc) is 2.40. The van der Waals surface area contributed by atoms with E-state index in [4.69, 9.17) is 11.6 Å². The van der Waals surface area contributed by atoms with Gasteiger partial charge in [0.05, 0.1) is 5.88 Å². The summed E-state index contributed by atoms with van der Waals surface area (Å²) in [4.78, 5) is 6.80. The lowest BCUT2D eigenvalue weighted by atomic mass is 10.1. The first-order chi connectivity index (χ1) is 9.51. The molecular formula is C16H18BrClN2. The summed E-state index contributed by atoms with van der Waals surface area (Å²) in [6.45, 7) is 4.92. The van der Waals surface area contributed by atoms with Crippen LogP contribution in [0.5, 0.6) is 0 Å². The third-order valence-corrected chi connectivity index (χ3v) is 4.08. The molecule has 1 aromatic carbocycles. The monoisotopic (exact) mass is 352 g/mol. The standard InChI is InChI=1S/C16H18BrClN2/c1-11-8-12(2)19-16(15(11)9-18)20(3)10-13-4-6-14(17)7-5-13/h4-8H,9-10H2,1-3H3. The number of pyridine rings is 1. The number of rotatable bonds is 4. The summed E-state index contributed by atoms with van der Waals surface area (Å²) in [6, 6.07) is 10.4. The van der Waals surface area contributed by atoms with E-state index in [2.05, 4.69) is 70.1 Å². The molecule has 0 aliphatic carbocycles. The van der Waals surface area contributed by atoms with Crippen molar-refractivity contribution < 1.29 is 0 Å². The lowest BCUT2D eigenvalue weighted by Gasteiger charge is -2.22. The molecule has 0 N–H and O–H groups in total. The van der Waals surface area contributed by atoms with Crippen molar-refractivity contribution in [3.63, 3.8) is 0 Å². The molecule has 0 atom stereocenters. The molecule has 2 nitrogen and oxygen atoms in total. The van der Waals surface area contributed by atoms with Crippen LogP contribution in [0.25, 0.3) is 0 Å². The Hall–Kier alpha value is -1.06. The quantitative estimate of drug-likeness (QED) is 0.731. The predicted octanol–water partition coefficient (Wildman–Crippen LogP) is 4.84. The van der Waals surface area contributed by atoms with E-state index in [1.165, 1.54) is 11.1 Å². The van der Waals surface area contributed by atoms with Crippen molar-refractivity contribution in [1.29, 1.82) is 0 Å². The van der Waals surface area contributed by atoms with Crippen LogP contribution in [0, 0.1) is 13.8 Å². The molecule has 106 valence electrons. The molecule has 0 amide bonds. The minimum absolute atomic E-state index is 0.485. The van der Waals surface area contributed by atoms with Crippen molar-refractivity contribution in [2.75, 3.05) is 11.9 Å². The maximum atomic E-state index is 6.08. The second-order valence-electron chi connectivity index (χ2n) is 5.00. The SMILES string of the molecule is Cc1cc(C)c(CCl)c(N(C)Cc2ccc(Br)cc2)n1. The Balaban J connectivity index is 2.28.